The van der Waals surface area contributed by atoms with Gasteiger partial charge in [-0.1, -0.05) is 72.3 Å². The summed E-state index contributed by atoms with van der Waals surface area (Å²) in [6, 6.07) is 22.8. The van der Waals surface area contributed by atoms with Crippen LogP contribution in [0.5, 0.6) is 5.75 Å². The summed E-state index contributed by atoms with van der Waals surface area (Å²) in [6.07, 6.45) is -0.954. The summed E-state index contributed by atoms with van der Waals surface area (Å²) in [4.78, 5) is 23.5. The van der Waals surface area contributed by atoms with Gasteiger partial charge in [0.25, 0.3) is 5.91 Å². The van der Waals surface area contributed by atoms with E-state index in [4.69, 9.17) is 16.3 Å². The van der Waals surface area contributed by atoms with Crippen molar-refractivity contribution in [3.63, 3.8) is 0 Å². The van der Waals surface area contributed by atoms with E-state index in [0.717, 1.165) is 11.1 Å². The van der Waals surface area contributed by atoms with Gasteiger partial charge in [0, 0.05) is 11.1 Å². The second-order valence-electron chi connectivity index (χ2n) is 6.39. The smallest absolute Gasteiger partial charge is 0.312 e. The van der Waals surface area contributed by atoms with Crippen molar-refractivity contribution in [1.82, 2.24) is 5.32 Å². The van der Waals surface area contributed by atoms with Crippen LogP contribution in [-0.2, 0) is 4.79 Å². The zero-order chi connectivity index (χ0) is 20.8. The number of hydrogen-bond acceptors (Lipinski definition) is 4. The summed E-state index contributed by atoms with van der Waals surface area (Å²) >= 11 is 5.83. The quantitative estimate of drug-likeness (QED) is 0.442. The Kier molecular flexibility index (Phi) is 6.46. The monoisotopic (exact) mass is 410 g/mol. The van der Waals surface area contributed by atoms with Crippen molar-refractivity contribution in [1.29, 1.82) is 0 Å². The van der Waals surface area contributed by atoms with Crippen LogP contribution in [0.4, 0.5) is 5.69 Å². The number of nitro benzene ring substituents is 1. The summed E-state index contributed by atoms with van der Waals surface area (Å²) in [7, 11) is 0. The zero-order valence-corrected chi connectivity index (χ0v) is 16.4. The van der Waals surface area contributed by atoms with Gasteiger partial charge in [0.1, 0.15) is 0 Å². The van der Waals surface area contributed by atoms with Gasteiger partial charge in [-0.05, 0) is 30.2 Å². The van der Waals surface area contributed by atoms with E-state index < -0.39 is 16.9 Å². The molecule has 3 aromatic rings. The van der Waals surface area contributed by atoms with Crippen molar-refractivity contribution < 1.29 is 14.5 Å². The van der Waals surface area contributed by atoms with Crippen molar-refractivity contribution in [3.05, 3.63) is 105 Å². The van der Waals surface area contributed by atoms with Crippen LogP contribution in [0.2, 0.25) is 5.02 Å². The Hall–Kier alpha value is -3.38. The minimum atomic E-state index is -0.954. The lowest BCUT2D eigenvalue weighted by molar-refractivity contribution is -0.386. The van der Waals surface area contributed by atoms with E-state index in [9.17, 15) is 14.9 Å². The van der Waals surface area contributed by atoms with E-state index in [1.807, 2.05) is 60.7 Å². The van der Waals surface area contributed by atoms with Crippen LogP contribution < -0.4 is 10.1 Å². The number of benzene rings is 3. The van der Waals surface area contributed by atoms with Crippen LogP contribution in [0.3, 0.4) is 0 Å². The maximum Gasteiger partial charge on any atom is 0.312 e. The average molecular weight is 411 g/mol. The SMILES string of the molecule is C[C@H](Oc1ccc(Cl)cc1[N+](=O)[O-])C(=O)NC(c1ccccc1)c1ccccc1. The molecule has 0 fully saturated rings. The maximum absolute atomic E-state index is 12.8. The molecule has 0 heterocycles. The molecule has 1 atom stereocenters. The molecule has 148 valence electrons. The predicted molar refractivity (Wildman–Crippen MR) is 111 cm³/mol. The van der Waals surface area contributed by atoms with Gasteiger partial charge in [-0.3, -0.25) is 14.9 Å². The largest absolute Gasteiger partial charge is 0.474 e. The van der Waals surface area contributed by atoms with Gasteiger partial charge in [0.15, 0.2) is 11.9 Å². The third-order valence-corrected chi connectivity index (χ3v) is 4.58. The molecular formula is C22H19ClN2O4. The molecule has 0 spiro atoms. The van der Waals surface area contributed by atoms with Crippen LogP contribution in [0.15, 0.2) is 78.9 Å². The fraction of sp³-hybridized carbons (Fsp3) is 0.136. The van der Waals surface area contributed by atoms with Gasteiger partial charge in [0.2, 0.25) is 0 Å². The highest BCUT2D eigenvalue weighted by Gasteiger charge is 2.24. The molecule has 0 bridgehead atoms. The Morgan fingerprint density at radius 2 is 1.55 bits per heavy atom. The molecule has 0 aliphatic heterocycles. The molecule has 0 unspecified atom stereocenters. The van der Waals surface area contributed by atoms with Crippen molar-refractivity contribution in [2.75, 3.05) is 0 Å². The van der Waals surface area contributed by atoms with Crippen molar-refractivity contribution in [3.8, 4) is 5.75 Å². The van der Waals surface area contributed by atoms with E-state index in [1.165, 1.54) is 18.2 Å². The van der Waals surface area contributed by atoms with Gasteiger partial charge < -0.3 is 10.1 Å². The highest BCUT2D eigenvalue weighted by atomic mass is 35.5. The van der Waals surface area contributed by atoms with E-state index in [0.29, 0.717) is 0 Å². The number of amides is 1. The molecule has 0 aliphatic carbocycles. The third kappa shape index (κ3) is 5.12. The third-order valence-electron chi connectivity index (χ3n) is 4.34. The Morgan fingerprint density at radius 1 is 1.00 bits per heavy atom. The molecule has 7 heteroatoms. The Balaban J connectivity index is 1.81. The number of rotatable bonds is 7. The molecule has 1 N–H and O–H groups in total. The van der Waals surface area contributed by atoms with Crippen LogP contribution >= 0.6 is 11.6 Å². The Labute approximate surface area is 173 Å². The molecular weight excluding hydrogens is 392 g/mol. The molecule has 0 saturated carbocycles. The summed E-state index contributed by atoms with van der Waals surface area (Å²) in [6.45, 7) is 1.54. The summed E-state index contributed by atoms with van der Waals surface area (Å²) in [5, 5.41) is 14.4. The van der Waals surface area contributed by atoms with E-state index in [2.05, 4.69) is 5.32 Å². The van der Waals surface area contributed by atoms with E-state index in [1.54, 1.807) is 6.92 Å². The van der Waals surface area contributed by atoms with Crippen molar-refractivity contribution in [2.24, 2.45) is 0 Å². The number of hydrogen-bond donors (Lipinski definition) is 1. The number of nitrogens with one attached hydrogen (secondary N) is 1. The number of ether oxygens (including phenoxy) is 1. The minimum Gasteiger partial charge on any atom is -0.474 e. The highest BCUT2D eigenvalue weighted by Crippen LogP contribution is 2.31. The fourth-order valence-corrected chi connectivity index (χ4v) is 3.05. The molecule has 0 saturated heterocycles. The summed E-state index contributed by atoms with van der Waals surface area (Å²) < 4.78 is 5.58. The number of halogens is 1. The van der Waals surface area contributed by atoms with Crippen molar-refractivity contribution >= 4 is 23.2 Å². The lowest BCUT2D eigenvalue weighted by Crippen LogP contribution is -2.39. The topological polar surface area (TPSA) is 81.5 Å². The van der Waals surface area contributed by atoms with E-state index in [-0.39, 0.29) is 22.5 Å². The first-order valence-electron chi connectivity index (χ1n) is 8.96. The Morgan fingerprint density at radius 3 is 2.07 bits per heavy atom. The van der Waals surface area contributed by atoms with Gasteiger partial charge in [0.05, 0.1) is 11.0 Å². The summed E-state index contributed by atoms with van der Waals surface area (Å²) in [5.41, 5.74) is 1.54. The standard InChI is InChI=1S/C22H19ClN2O4/c1-15(29-20-13-12-18(23)14-19(20)25(27)28)22(26)24-21(16-8-4-2-5-9-16)17-10-6-3-7-11-17/h2-15,21H,1H3,(H,24,26)/t15-/m0/s1. The first-order valence-corrected chi connectivity index (χ1v) is 9.34. The molecule has 6 nitrogen and oxygen atoms in total. The van der Waals surface area contributed by atoms with Crippen LogP contribution in [-0.4, -0.2) is 16.9 Å². The zero-order valence-electron chi connectivity index (χ0n) is 15.6. The van der Waals surface area contributed by atoms with Crippen LogP contribution in [0.1, 0.15) is 24.1 Å². The summed E-state index contributed by atoms with van der Waals surface area (Å²) in [5.74, 6) is -0.412. The van der Waals surface area contributed by atoms with Crippen LogP contribution in [0, 0.1) is 10.1 Å². The normalized spacial score (nSPS) is 11.7. The molecule has 1 amide bonds. The molecule has 29 heavy (non-hydrogen) atoms. The van der Waals surface area contributed by atoms with Gasteiger partial charge in [-0.2, -0.15) is 0 Å². The van der Waals surface area contributed by atoms with Crippen molar-refractivity contribution in [2.45, 2.75) is 19.1 Å². The lowest BCUT2D eigenvalue weighted by Gasteiger charge is -2.22. The minimum absolute atomic E-state index is 0.0157. The number of nitro groups is 1. The molecule has 3 rings (SSSR count). The Bertz CT molecular complexity index is 957. The average Bonchev–Trinajstić information content (AvgIpc) is 2.74. The van der Waals surface area contributed by atoms with Gasteiger partial charge in [-0.15, -0.1) is 0 Å². The molecule has 0 aliphatic rings. The highest BCUT2D eigenvalue weighted by molar-refractivity contribution is 6.30. The lowest BCUT2D eigenvalue weighted by atomic mass is 9.98. The first kappa shape index (κ1) is 20.4. The predicted octanol–water partition coefficient (Wildman–Crippen LogP) is 4.92. The maximum atomic E-state index is 12.8. The van der Waals surface area contributed by atoms with Crippen LogP contribution in [0.25, 0.3) is 0 Å². The molecule has 3 aromatic carbocycles. The number of nitrogens with zero attached hydrogens (tertiary/aromatic N) is 1. The second kappa shape index (κ2) is 9.21. The van der Waals surface area contributed by atoms with Gasteiger partial charge in [-0.25, -0.2) is 0 Å². The fourth-order valence-electron chi connectivity index (χ4n) is 2.89. The van der Waals surface area contributed by atoms with E-state index >= 15 is 0 Å². The second-order valence-corrected chi connectivity index (χ2v) is 6.83. The molecule has 0 radical (unpaired) electrons. The van der Waals surface area contributed by atoms with Gasteiger partial charge >= 0.3 is 5.69 Å². The first-order chi connectivity index (χ1) is 14.0. The molecule has 0 aromatic heterocycles. The number of carbonyl (C=O) groups excluding carboxylic acids is 1. The number of carbonyl (C=O) groups is 1.